The summed E-state index contributed by atoms with van der Waals surface area (Å²) in [5.74, 6) is 3.08. The Kier molecular flexibility index (Phi) is 4.82. The molecule has 0 spiro atoms. The molecule has 21 heavy (non-hydrogen) atoms. The van der Waals surface area contributed by atoms with Crippen LogP contribution in [0.15, 0.2) is 18.2 Å². The van der Waals surface area contributed by atoms with Crippen LogP contribution in [0.2, 0.25) is 0 Å². The Bertz CT molecular complexity index is 617. The third-order valence-corrected chi connectivity index (χ3v) is 4.67. The summed E-state index contributed by atoms with van der Waals surface area (Å²) in [6.07, 6.45) is 0.784. The molecule has 2 rings (SSSR count). The molecule has 1 heterocycles. The number of imidazole rings is 1. The van der Waals surface area contributed by atoms with Crippen molar-refractivity contribution in [3.63, 3.8) is 0 Å². The lowest BCUT2D eigenvalue weighted by Gasteiger charge is -2.30. The van der Waals surface area contributed by atoms with E-state index < -0.39 is 0 Å². The van der Waals surface area contributed by atoms with Crippen LogP contribution in [0.25, 0.3) is 11.0 Å². The Labute approximate surface area is 132 Å². The van der Waals surface area contributed by atoms with Gasteiger partial charge in [0.05, 0.1) is 18.1 Å². The summed E-state index contributed by atoms with van der Waals surface area (Å²) in [6.45, 7) is 10.1. The lowest BCUT2D eigenvalue weighted by atomic mass is 9.81. The molecule has 0 aliphatic heterocycles. The molecule has 0 N–H and O–H groups in total. The number of fused-ring (bicyclic) bond motifs is 1. The molecule has 0 unspecified atom stereocenters. The van der Waals surface area contributed by atoms with Crippen molar-refractivity contribution in [3.8, 4) is 5.75 Å². The van der Waals surface area contributed by atoms with Gasteiger partial charge in [0, 0.05) is 24.9 Å². The van der Waals surface area contributed by atoms with Crippen molar-refractivity contribution in [2.75, 3.05) is 13.0 Å². The first-order valence-electron chi connectivity index (χ1n) is 7.48. The number of alkyl halides is 1. The highest BCUT2D eigenvalue weighted by atomic mass is 35.5. The van der Waals surface area contributed by atoms with Gasteiger partial charge in [0.2, 0.25) is 0 Å². The van der Waals surface area contributed by atoms with E-state index in [1.807, 2.05) is 12.1 Å². The molecule has 0 fully saturated rings. The Balaban J connectivity index is 2.51. The van der Waals surface area contributed by atoms with Gasteiger partial charge in [-0.2, -0.15) is 0 Å². The second kappa shape index (κ2) is 6.27. The van der Waals surface area contributed by atoms with Gasteiger partial charge < -0.3 is 9.30 Å². The van der Waals surface area contributed by atoms with Gasteiger partial charge in [-0.05, 0) is 23.5 Å². The van der Waals surface area contributed by atoms with E-state index in [1.165, 1.54) is 0 Å². The summed E-state index contributed by atoms with van der Waals surface area (Å²) in [4.78, 5) is 4.75. The molecule has 0 atom stereocenters. The molecule has 3 nitrogen and oxygen atoms in total. The van der Waals surface area contributed by atoms with Crippen molar-refractivity contribution in [1.29, 1.82) is 0 Å². The molecular weight excluding hydrogens is 284 g/mol. The third-order valence-electron chi connectivity index (χ3n) is 4.48. The minimum atomic E-state index is 0.203. The van der Waals surface area contributed by atoms with Crippen LogP contribution in [-0.2, 0) is 13.0 Å². The molecule has 0 saturated carbocycles. The molecule has 0 amide bonds. The van der Waals surface area contributed by atoms with Crippen molar-refractivity contribution in [2.24, 2.45) is 11.3 Å². The smallest absolute Gasteiger partial charge is 0.121 e. The van der Waals surface area contributed by atoms with Crippen LogP contribution in [0, 0.1) is 11.3 Å². The highest BCUT2D eigenvalue weighted by Gasteiger charge is 2.25. The Morgan fingerprint density at radius 3 is 2.62 bits per heavy atom. The predicted octanol–water partition coefficient (Wildman–Crippen LogP) is 4.51. The van der Waals surface area contributed by atoms with Gasteiger partial charge >= 0.3 is 0 Å². The second-order valence-corrected chi connectivity index (χ2v) is 6.93. The van der Waals surface area contributed by atoms with E-state index in [-0.39, 0.29) is 5.41 Å². The molecule has 1 aromatic heterocycles. The summed E-state index contributed by atoms with van der Waals surface area (Å²) in [6, 6.07) is 6.08. The molecule has 116 valence electrons. The number of hydrogen-bond acceptors (Lipinski definition) is 2. The SMILES string of the molecule is COc1ccc2c(c1)nc(CCCl)n2CC(C)(C)C(C)C. The van der Waals surface area contributed by atoms with Gasteiger partial charge in [-0.15, -0.1) is 11.6 Å². The molecular formula is C17H25ClN2O. The Hall–Kier alpha value is -1.22. The van der Waals surface area contributed by atoms with Crippen LogP contribution in [-0.4, -0.2) is 22.5 Å². The van der Waals surface area contributed by atoms with Crippen LogP contribution in [0.3, 0.4) is 0 Å². The average Bonchev–Trinajstić information content (AvgIpc) is 2.75. The molecule has 4 heteroatoms. The largest absolute Gasteiger partial charge is 0.497 e. The number of ether oxygens (including phenoxy) is 1. The lowest BCUT2D eigenvalue weighted by Crippen LogP contribution is -2.26. The molecule has 2 aromatic rings. The lowest BCUT2D eigenvalue weighted by molar-refractivity contribution is 0.210. The number of aryl methyl sites for hydroxylation is 1. The van der Waals surface area contributed by atoms with Gasteiger partial charge in [0.25, 0.3) is 0 Å². The summed E-state index contributed by atoms with van der Waals surface area (Å²) < 4.78 is 7.61. The molecule has 0 bridgehead atoms. The summed E-state index contributed by atoms with van der Waals surface area (Å²) in [7, 11) is 1.68. The zero-order valence-electron chi connectivity index (χ0n) is 13.6. The third kappa shape index (κ3) is 3.34. The quantitative estimate of drug-likeness (QED) is 0.734. The maximum absolute atomic E-state index is 5.95. The fraction of sp³-hybridized carbons (Fsp3) is 0.588. The van der Waals surface area contributed by atoms with E-state index in [4.69, 9.17) is 21.3 Å². The highest BCUT2D eigenvalue weighted by molar-refractivity contribution is 6.17. The normalized spacial score (nSPS) is 12.3. The van der Waals surface area contributed by atoms with Gasteiger partial charge in [-0.25, -0.2) is 4.98 Å². The number of methoxy groups -OCH3 is 1. The van der Waals surface area contributed by atoms with Crippen molar-refractivity contribution < 1.29 is 4.74 Å². The fourth-order valence-corrected chi connectivity index (χ4v) is 2.50. The molecule has 0 saturated heterocycles. The van der Waals surface area contributed by atoms with Crippen LogP contribution < -0.4 is 4.74 Å². The van der Waals surface area contributed by atoms with Gasteiger partial charge in [-0.1, -0.05) is 27.7 Å². The van der Waals surface area contributed by atoms with Gasteiger partial charge in [0.1, 0.15) is 11.6 Å². The zero-order chi connectivity index (χ0) is 15.6. The first-order chi connectivity index (χ1) is 9.89. The van der Waals surface area contributed by atoms with Gasteiger partial charge in [-0.3, -0.25) is 0 Å². The van der Waals surface area contributed by atoms with E-state index in [0.29, 0.717) is 11.8 Å². The topological polar surface area (TPSA) is 27.1 Å². The first-order valence-corrected chi connectivity index (χ1v) is 8.01. The monoisotopic (exact) mass is 308 g/mol. The van der Waals surface area contributed by atoms with Crippen molar-refractivity contribution >= 4 is 22.6 Å². The number of halogens is 1. The molecule has 0 radical (unpaired) electrons. The van der Waals surface area contributed by atoms with E-state index in [0.717, 1.165) is 35.6 Å². The zero-order valence-corrected chi connectivity index (χ0v) is 14.4. The van der Waals surface area contributed by atoms with Gasteiger partial charge in [0.15, 0.2) is 0 Å². The number of rotatable bonds is 6. The minimum absolute atomic E-state index is 0.203. The minimum Gasteiger partial charge on any atom is -0.497 e. The van der Waals surface area contributed by atoms with E-state index >= 15 is 0 Å². The summed E-state index contributed by atoms with van der Waals surface area (Å²) >= 11 is 5.95. The second-order valence-electron chi connectivity index (χ2n) is 6.55. The van der Waals surface area contributed by atoms with E-state index in [2.05, 4.69) is 38.3 Å². The number of benzene rings is 1. The number of hydrogen-bond donors (Lipinski definition) is 0. The molecule has 0 aliphatic rings. The number of nitrogens with zero attached hydrogens (tertiary/aromatic N) is 2. The summed E-state index contributed by atoms with van der Waals surface area (Å²) in [5.41, 5.74) is 2.34. The van der Waals surface area contributed by atoms with Crippen LogP contribution in [0.1, 0.15) is 33.5 Å². The van der Waals surface area contributed by atoms with Crippen LogP contribution in [0.5, 0.6) is 5.75 Å². The van der Waals surface area contributed by atoms with Crippen LogP contribution >= 0.6 is 11.6 Å². The summed E-state index contributed by atoms with van der Waals surface area (Å²) in [5, 5.41) is 0. The Morgan fingerprint density at radius 1 is 1.33 bits per heavy atom. The van der Waals surface area contributed by atoms with Crippen molar-refractivity contribution in [1.82, 2.24) is 9.55 Å². The van der Waals surface area contributed by atoms with E-state index in [9.17, 15) is 0 Å². The predicted molar refractivity (Wildman–Crippen MR) is 89.3 cm³/mol. The van der Waals surface area contributed by atoms with Crippen LogP contribution in [0.4, 0.5) is 0 Å². The van der Waals surface area contributed by atoms with Crippen molar-refractivity contribution in [2.45, 2.75) is 40.7 Å². The van der Waals surface area contributed by atoms with Crippen molar-refractivity contribution in [3.05, 3.63) is 24.0 Å². The average molecular weight is 309 g/mol. The standard InChI is InChI=1S/C17H25ClN2O/c1-12(2)17(3,4)11-20-15-7-6-13(21-5)10-14(15)19-16(20)8-9-18/h6-7,10,12H,8-9,11H2,1-5H3. The number of aromatic nitrogens is 2. The first kappa shape index (κ1) is 16.2. The highest BCUT2D eigenvalue weighted by Crippen LogP contribution is 2.31. The fourth-order valence-electron chi connectivity index (χ4n) is 2.33. The molecule has 0 aliphatic carbocycles. The Morgan fingerprint density at radius 2 is 2.05 bits per heavy atom. The van der Waals surface area contributed by atoms with E-state index in [1.54, 1.807) is 7.11 Å². The maximum Gasteiger partial charge on any atom is 0.121 e. The molecule has 1 aromatic carbocycles. The maximum atomic E-state index is 5.95.